The van der Waals surface area contributed by atoms with Crippen molar-refractivity contribution in [1.82, 2.24) is 5.32 Å². The van der Waals surface area contributed by atoms with Crippen molar-refractivity contribution in [3.63, 3.8) is 0 Å². The maximum absolute atomic E-state index is 5.31. The number of aliphatic imine (C=N–C) groups is 1. The Kier molecular flexibility index (Phi) is 6.13. The zero-order valence-electron chi connectivity index (χ0n) is 13.6. The Morgan fingerprint density at radius 3 is 2.68 bits per heavy atom. The van der Waals surface area contributed by atoms with Crippen LogP contribution in [0.15, 0.2) is 34.8 Å². The van der Waals surface area contributed by atoms with Gasteiger partial charge in [-0.2, -0.15) is 0 Å². The highest BCUT2D eigenvalue weighted by molar-refractivity contribution is 5.93. The number of benzene rings is 1. The number of hydrogen-bond donors (Lipinski definition) is 2. The van der Waals surface area contributed by atoms with Gasteiger partial charge in [-0.15, -0.1) is 0 Å². The molecule has 22 heavy (non-hydrogen) atoms. The summed E-state index contributed by atoms with van der Waals surface area (Å²) in [7, 11) is 5.03. The van der Waals surface area contributed by atoms with Crippen molar-refractivity contribution in [2.75, 3.05) is 33.1 Å². The first kappa shape index (κ1) is 16.2. The molecule has 0 heterocycles. The van der Waals surface area contributed by atoms with Gasteiger partial charge in [-0.1, -0.05) is 11.6 Å². The highest BCUT2D eigenvalue weighted by Gasteiger charge is 2.07. The highest BCUT2D eigenvalue weighted by atomic mass is 16.5. The fraction of sp³-hybridized carbons (Fsp3) is 0.471. The molecule has 0 fully saturated rings. The smallest absolute Gasteiger partial charge is 0.195 e. The Balaban J connectivity index is 1.89. The van der Waals surface area contributed by atoms with Crippen molar-refractivity contribution >= 4 is 11.6 Å². The van der Waals surface area contributed by atoms with Crippen LogP contribution in [0.5, 0.6) is 11.5 Å². The van der Waals surface area contributed by atoms with Crippen LogP contribution in [0, 0.1) is 0 Å². The predicted octanol–water partition coefficient (Wildman–Crippen LogP) is 3.19. The number of nitrogens with zero attached hydrogens (tertiary/aromatic N) is 1. The van der Waals surface area contributed by atoms with Crippen LogP contribution in [0.3, 0.4) is 0 Å². The van der Waals surface area contributed by atoms with Gasteiger partial charge in [-0.05, 0) is 37.8 Å². The molecule has 1 aliphatic carbocycles. The minimum absolute atomic E-state index is 0.694. The lowest BCUT2D eigenvalue weighted by molar-refractivity contribution is 0.355. The molecule has 0 atom stereocenters. The highest BCUT2D eigenvalue weighted by Crippen LogP contribution is 2.29. The first-order valence-corrected chi connectivity index (χ1v) is 7.64. The maximum atomic E-state index is 5.31. The van der Waals surface area contributed by atoms with Gasteiger partial charge in [0.25, 0.3) is 0 Å². The van der Waals surface area contributed by atoms with Gasteiger partial charge in [-0.25, -0.2) is 0 Å². The maximum Gasteiger partial charge on any atom is 0.195 e. The van der Waals surface area contributed by atoms with E-state index in [9.17, 15) is 0 Å². The topological polar surface area (TPSA) is 54.9 Å². The molecular formula is C17H25N3O2. The molecule has 0 aromatic heterocycles. The molecule has 1 aromatic carbocycles. The van der Waals surface area contributed by atoms with E-state index in [4.69, 9.17) is 9.47 Å². The van der Waals surface area contributed by atoms with Crippen molar-refractivity contribution in [2.45, 2.75) is 25.7 Å². The third-order valence-electron chi connectivity index (χ3n) is 3.74. The largest absolute Gasteiger partial charge is 0.493 e. The quantitative estimate of drug-likeness (QED) is 0.481. The first-order valence-electron chi connectivity index (χ1n) is 7.64. The molecule has 1 aliphatic rings. The number of nitrogens with one attached hydrogen (secondary N) is 2. The number of ether oxygens (including phenoxy) is 2. The summed E-state index contributed by atoms with van der Waals surface area (Å²) in [5, 5.41) is 6.60. The van der Waals surface area contributed by atoms with Crippen molar-refractivity contribution in [2.24, 2.45) is 4.99 Å². The third kappa shape index (κ3) is 4.41. The number of hydrogen-bond acceptors (Lipinski definition) is 3. The average molecular weight is 303 g/mol. The van der Waals surface area contributed by atoms with Crippen LogP contribution in [0.25, 0.3) is 0 Å². The van der Waals surface area contributed by atoms with Gasteiger partial charge in [0.05, 0.1) is 14.2 Å². The first-order chi connectivity index (χ1) is 10.8. The molecule has 0 radical (unpaired) electrons. The second kappa shape index (κ2) is 8.32. The van der Waals surface area contributed by atoms with Gasteiger partial charge >= 0.3 is 0 Å². The van der Waals surface area contributed by atoms with Crippen LogP contribution < -0.4 is 20.1 Å². The molecule has 0 bridgehead atoms. The minimum Gasteiger partial charge on any atom is -0.493 e. The molecule has 5 heteroatoms. The Labute approximate surface area is 132 Å². The standard InChI is InChI=1S/C17H25N3O2/c1-18-17(19-11-10-13-6-4-5-7-13)20-14-8-9-15(21-2)16(12-14)22-3/h6,8-9,12H,4-5,7,10-11H2,1-3H3,(H2,18,19,20). The van der Waals surface area contributed by atoms with Crippen LogP contribution in [-0.4, -0.2) is 33.8 Å². The normalized spacial score (nSPS) is 14.5. The number of rotatable bonds is 6. The van der Waals surface area contributed by atoms with Gasteiger partial charge in [0, 0.05) is 25.3 Å². The Morgan fingerprint density at radius 2 is 2.05 bits per heavy atom. The second-order valence-corrected chi connectivity index (χ2v) is 5.20. The van der Waals surface area contributed by atoms with E-state index >= 15 is 0 Å². The minimum atomic E-state index is 0.694. The number of methoxy groups -OCH3 is 2. The van der Waals surface area contributed by atoms with Crippen LogP contribution in [0.4, 0.5) is 5.69 Å². The number of allylic oxidation sites excluding steroid dienone is 1. The summed E-state index contributed by atoms with van der Waals surface area (Å²) < 4.78 is 10.5. The number of anilines is 1. The van der Waals surface area contributed by atoms with Gasteiger partial charge in [-0.3, -0.25) is 4.99 Å². The van der Waals surface area contributed by atoms with Crippen LogP contribution in [0.2, 0.25) is 0 Å². The second-order valence-electron chi connectivity index (χ2n) is 5.20. The zero-order chi connectivity index (χ0) is 15.8. The third-order valence-corrected chi connectivity index (χ3v) is 3.74. The molecule has 0 spiro atoms. The summed E-state index contributed by atoms with van der Waals surface area (Å²) in [6, 6.07) is 5.71. The van der Waals surface area contributed by atoms with E-state index in [2.05, 4.69) is 21.7 Å². The molecule has 0 saturated heterocycles. The van der Waals surface area contributed by atoms with Crippen LogP contribution in [-0.2, 0) is 0 Å². The molecule has 5 nitrogen and oxygen atoms in total. The molecule has 0 saturated carbocycles. The lowest BCUT2D eigenvalue weighted by atomic mass is 10.2. The molecule has 0 unspecified atom stereocenters. The molecule has 0 aliphatic heterocycles. The Morgan fingerprint density at radius 1 is 1.23 bits per heavy atom. The van der Waals surface area contributed by atoms with E-state index in [0.29, 0.717) is 11.5 Å². The summed E-state index contributed by atoms with van der Waals surface area (Å²) >= 11 is 0. The van der Waals surface area contributed by atoms with Crippen molar-refractivity contribution in [3.8, 4) is 11.5 Å². The van der Waals surface area contributed by atoms with Gasteiger partial charge in [0.1, 0.15) is 0 Å². The van der Waals surface area contributed by atoms with Crippen molar-refractivity contribution in [3.05, 3.63) is 29.8 Å². The fourth-order valence-electron chi connectivity index (χ4n) is 2.54. The van der Waals surface area contributed by atoms with Crippen LogP contribution in [0.1, 0.15) is 25.7 Å². The lowest BCUT2D eigenvalue weighted by Gasteiger charge is -2.14. The van der Waals surface area contributed by atoms with E-state index < -0.39 is 0 Å². The average Bonchev–Trinajstić information content (AvgIpc) is 3.07. The lowest BCUT2D eigenvalue weighted by Crippen LogP contribution is -2.31. The molecule has 2 rings (SSSR count). The van der Waals surface area contributed by atoms with Crippen molar-refractivity contribution in [1.29, 1.82) is 0 Å². The summed E-state index contributed by atoms with van der Waals surface area (Å²) in [4.78, 5) is 4.25. The monoisotopic (exact) mass is 303 g/mol. The Bertz CT molecular complexity index is 553. The molecule has 0 amide bonds. The Hall–Kier alpha value is -2.17. The fourth-order valence-corrected chi connectivity index (χ4v) is 2.54. The molecule has 2 N–H and O–H groups in total. The van der Waals surface area contributed by atoms with E-state index in [1.54, 1.807) is 26.8 Å². The van der Waals surface area contributed by atoms with E-state index in [-0.39, 0.29) is 0 Å². The molecular weight excluding hydrogens is 278 g/mol. The van der Waals surface area contributed by atoms with Gasteiger partial charge in [0.15, 0.2) is 17.5 Å². The van der Waals surface area contributed by atoms with Crippen LogP contribution >= 0.6 is 0 Å². The SMILES string of the molecule is CN=C(NCCC1=CCCC1)Nc1ccc(OC)c(OC)c1. The van der Waals surface area contributed by atoms with Crippen molar-refractivity contribution < 1.29 is 9.47 Å². The van der Waals surface area contributed by atoms with Gasteiger partial charge in [0.2, 0.25) is 0 Å². The number of guanidine groups is 1. The zero-order valence-corrected chi connectivity index (χ0v) is 13.6. The summed E-state index contributed by atoms with van der Waals surface area (Å²) in [5.74, 6) is 2.16. The van der Waals surface area contributed by atoms with E-state index in [0.717, 1.165) is 24.6 Å². The van der Waals surface area contributed by atoms with E-state index in [1.807, 2.05) is 18.2 Å². The summed E-state index contributed by atoms with van der Waals surface area (Å²) in [5.41, 5.74) is 2.46. The summed E-state index contributed by atoms with van der Waals surface area (Å²) in [6.07, 6.45) is 7.20. The molecule has 1 aromatic rings. The molecule has 120 valence electrons. The predicted molar refractivity (Wildman–Crippen MR) is 91.1 cm³/mol. The van der Waals surface area contributed by atoms with Gasteiger partial charge < -0.3 is 20.1 Å². The summed E-state index contributed by atoms with van der Waals surface area (Å²) in [6.45, 7) is 0.888. The van der Waals surface area contributed by atoms with E-state index in [1.165, 1.54) is 19.3 Å².